The Hall–Kier alpha value is -1.10. The van der Waals surface area contributed by atoms with Gasteiger partial charge < -0.3 is 16.8 Å². The lowest BCUT2D eigenvalue weighted by molar-refractivity contribution is -0.124. The largest absolute Gasteiger partial charge is 0.370 e. The number of amides is 2. The molecule has 88 valence electrons. The number of carbonyl (C=O) groups excluding carboxylic acids is 2. The van der Waals surface area contributed by atoms with Crippen molar-refractivity contribution >= 4 is 11.8 Å². The summed E-state index contributed by atoms with van der Waals surface area (Å²) in [5, 5.41) is 2.79. The first kappa shape index (κ1) is 13.9. The molecule has 0 aromatic heterocycles. The van der Waals surface area contributed by atoms with Gasteiger partial charge in [-0.25, -0.2) is 0 Å². The maximum atomic E-state index is 11.4. The van der Waals surface area contributed by atoms with E-state index in [4.69, 9.17) is 11.5 Å². The minimum absolute atomic E-state index is 0.000856. The first-order chi connectivity index (χ1) is 7.11. The summed E-state index contributed by atoms with van der Waals surface area (Å²) >= 11 is 0. The van der Waals surface area contributed by atoms with Crippen LogP contribution >= 0.6 is 0 Å². The molecule has 0 bridgehead atoms. The number of carbonyl (C=O) groups is 2. The number of unbranched alkanes of at least 4 members (excludes halogenated alkanes) is 1. The number of nitrogens with two attached hydrogens (primary N) is 2. The molecule has 0 aliphatic carbocycles. The molecular weight excluding hydrogens is 194 g/mol. The zero-order valence-corrected chi connectivity index (χ0v) is 9.29. The van der Waals surface area contributed by atoms with Crippen LogP contribution in [-0.4, -0.2) is 24.9 Å². The van der Waals surface area contributed by atoms with Crippen molar-refractivity contribution in [1.29, 1.82) is 0 Å². The molecule has 5 N–H and O–H groups in total. The van der Waals surface area contributed by atoms with Gasteiger partial charge in [0.15, 0.2) is 0 Å². The third-order valence-corrected chi connectivity index (χ3v) is 2.30. The minimum atomic E-state index is -0.297. The van der Waals surface area contributed by atoms with Crippen LogP contribution in [0.15, 0.2) is 0 Å². The summed E-state index contributed by atoms with van der Waals surface area (Å²) < 4.78 is 0. The molecule has 0 aliphatic heterocycles. The Kier molecular flexibility index (Phi) is 7.62. The van der Waals surface area contributed by atoms with Crippen LogP contribution in [0.1, 0.15) is 32.6 Å². The van der Waals surface area contributed by atoms with Gasteiger partial charge >= 0.3 is 0 Å². The highest BCUT2D eigenvalue weighted by atomic mass is 16.2. The van der Waals surface area contributed by atoms with E-state index in [0.29, 0.717) is 19.5 Å². The van der Waals surface area contributed by atoms with Crippen LogP contribution in [0.25, 0.3) is 0 Å². The lowest BCUT2D eigenvalue weighted by atomic mass is 10.1. The van der Waals surface area contributed by atoms with Gasteiger partial charge in [-0.3, -0.25) is 9.59 Å². The molecule has 0 fully saturated rings. The van der Waals surface area contributed by atoms with Gasteiger partial charge in [0.2, 0.25) is 11.8 Å². The molecule has 5 nitrogen and oxygen atoms in total. The average molecular weight is 215 g/mol. The van der Waals surface area contributed by atoms with Gasteiger partial charge in [-0.05, 0) is 19.3 Å². The van der Waals surface area contributed by atoms with Gasteiger partial charge in [0.25, 0.3) is 0 Å². The molecule has 0 saturated carbocycles. The molecule has 0 radical (unpaired) electrons. The van der Waals surface area contributed by atoms with Gasteiger partial charge in [0.05, 0.1) is 0 Å². The third kappa shape index (κ3) is 6.90. The molecule has 1 unspecified atom stereocenters. The lowest BCUT2D eigenvalue weighted by Gasteiger charge is -2.12. The fraction of sp³-hybridized carbons (Fsp3) is 0.800. The molecule has 0 aromatic rings. The van der Waals surface area contributed by atoms with Crippen LogP contribution in [0.3, 0.4) is 0 Å². The average Bonchev–Trinajstić information content (AvgIpc) is 2.18. The summed E-state index contributed by atoms with van der Waals surface area (Å²) in [6.07, 6.45) is 2.62. The predicted molar refractivity (Wildman–Crippen MR) is 58.9 cm³/mol. The molecule has 0 heterocycles. The van der Waals surface area contributed by atoms with Crippen molar-refractivity contribution in [2.75, 3.05) is 13.1 Å². The van der Waals surface area contributed by atoms with E-state index in [1.54, 1.807) is 0 Å². The first-order valence-corrected chi connectivity index (χ1v) is 5.37. The predicted octanol–water partition coefficient (Wildman–Crippen LogP) is -0.257. The van der Waals surface area contributed by atoms with Crippen molar-refractivity contribution in [2.45, 2.75) is 32.6 Å². The van der Waals surface area contributed by atoms with Gasteiger partial charge in [-0.1, -0.05) is 6.92 Å². The number of primary amides is 1. The Morgan fingerprint density at radius 1 is 1.33 bits per heavy atom. The van der Waals surface area contributed by atoms with Crippen LogP contribution in [0.4, 0.5) is 0 Å². The molecule has 1 atom stereocenters. The molecule has 0 aliphatic rings. The normalized spacial score (nSPS) is 12.1. The van der Waals surface area contributed by atoms with Crippen LogP contribution < -0.4 is 16.8 Å². The van der Waals surface area contributed by atoms with Crippen LogP contribution in [0.5, 0.6) is 0 Å². The Labute approximate surface area is 90.6 Å². The molecule has 0 saturated heterocycles. The fourth-order valence-electron chi connectivity index (χ4n) is 1.24. The Morgan fingerprint density at radius 3 is 2.47 bits per heavy atom. The second-order valence-corrected chi connectivity index (χ2v) is 3.56. The molecule has 15 heavy (non-hydrogen) atoms. The second-order valence-electron chi connectivity index (χ2n) is 3.56. The zero-order valence-electron chi connectivity index (χ0n) is 9.29. The maximum Gasteiger partial charge on any atom is 0.224 e. The second kappa shape index (κ2) is 8.23. The van der Waals surface area contributed by atoms with Crippen molar-refractivity contribution in [1.82, 2.24) is 5.32 Å². The monoisotopic (exact) mass is 215 g/mol. The van der Waals surface area contributed by atoms with E-state index in [1.807, 2.05) is 6.92 Å². The quantitative estimate of drug-likeness (QED) is 0.487. The molecule has 5 heteroatoms. The Bertz CT molecular complexity index is 203. The summed E-state index contributed by atoms with van der Waals surface area (Å²) in [6, 6.07) is 0. The van der Waals surface area contributed by atoms with Gasteiger partial charge in [0.1, 0.15) is 0 Å². The summed E-state index contributed by atoms with van der Waals surface area (Å²) in [7, 11) is 0. The fourth-order valence-corrected chi connectivity index (χ4v) is 1.24. The van der Waals surface area contributed by atoms with Gasteiger partial charge in [-0.2, -0.15) is 0 Å². The first-order valence-electron chi connectivity index (χ1n) is 5.37. The van der Waals surface area contributed by atoms with E-state index in [-0.39, 0.29) is 17.7 Å². The van der Waals surface area contributed by atoms with Crippen molar-refractivity contribution in [3.8, 4) is 0 Å². The van der Waals surface area contributed by atoms with Crippen molar-refractivity contribution in [3.63, 3.8) is 0 Å². The molecular formula is C10H21N3O2. The summed E-state index contributed by atoms with van der Waals surface area (Å²) in [5.74, 6) is -0.394. The van der Waals surface area contributed by atoms with E-state index < -0.39 is 0 Å². The van der Waals surface area contributed by atoms with Crippen LogP contribution in [0, 0.1) is 5.92 Å². The lowest BCUT2D eigenvalue weighted by Crippen LogP contribution is -2.35. The van der Waals surface area contributed by atoms with E-state index >= 15 is 0 Å². The summed E-state index contributed by atoms with van der Waals surface area (Å²) in [6.45, 7) is 2.90. The summed E-state index contributed by atoms with van der Waals surface area (Å²) in [5.41, 5.74) is 10.4. The van der Waals surface area contributed by atoms with E-state index in [0.717, 1.165) is 19.3 Å². The highest BCUT2D eigenvalue weighted by molar-refractivity contribution is 5.78. The summed E-state index contributed by atoms with van der Waals surface area (Å²) in [4.78, 5) is 21.8. The van der Waals surface area contributed by atoms with E-state index in [2.05, 4.69) is 5.32 Å². The van der Waals surface area contributed by atoms with Crippen molar-refractivity contribution in [2.24, 2.45) is 17.4 Å². The van der Waals surface area contributed by atoms with Gasteiger partial charge in [-0.15, -0.1) is 0 Å². The highest BCUT2D eigenvalue weighted by Crippen LogP contribution is 2.00. The maximum absolute atomic E-state index is 11.4. The minimum Gasteiger partial charge on any atom is -0.370 e. The zero-order chi connectivity index (χ0) is 11.7. The SMILES string of the molecule is CCC(CN)C(=O)NCCCCC(N)=O. The molecule has 0 aromatic carbocycles. The topological polar surface area (TPSA) is 98.2 Å². The van der Waals surface area contributed by atoms with Crippen molar-refractivity contribution in [3.05, 3.63) is 0 Å². The Morgan fingerprint density at radius 2 is 2.00 bits per heavy atom. The van der Waals surface area contributed by atoms with Crippen LogP contribution in [0.2, 0.25) is 0 Å². The van der Waals surface area contributed by atoms with Gasteiger partial charge in [0, 0.05) is 25.4 Å². The number of nitrogens with one attached hydrogen (secondary N) is 1. The standard InChI is InChI=1S/C10H21N3O2/c1-2-8(7-11)10(15)13-6-4-3-5-9(12)14/h8H,2-7,11H2,1H3,(H2,12,14)(H,13,15). The molecule has 2 amide bonds. The van der Waals surface area contributed by atoms with Crippen molar-refractivity contribution < 1.29 is 9.59 Å². The smallest absolute Gasteiger partial charge is 0.224 e. The third-order valence-electron chi connectivity index (χ3n) is 2.30. The highest BCUT2D eigenvalue weighted by Gasteiger charge is 2.12. The number of rotatable bonds is 8. The van der Waals surface area contributed by atoms with E-state index in [1.165, 1.54) is 0 Å². The van der Waals surface area contributed by atoms with E-state index in [9.17, 15) is 9.59 Å². The number of hydrogen-bond donors (Lipinski definition) is 3. The number of hydrogen-bond acceptors (Lipinski definition) is 3. The molecule has 0 rings (SSSR count). The van der Waals surface area contributed by atoms with Crippen LogP contribution in [-0.2, 0) is 9.59 Å². The Balaban J connectivity index is 3.50. The molecule has 0 spiro atoms.